The lowest BCUT2D eigenvalue weighted by Crippen LogP contribution is -2.14. The third-order valence-electron chi connectivity index (χ3n) is 2.65. The molecule has 0 amide bonds. The van der Waals surface area contributed by atoms with E-state index in [1.54, 1.807) is 7.11 Å². The van der Waals surface area contributed by atoms with Gasteiger partial charge in [0.25, 0.3) is 0 Å². The van der Waals surface area contributed by atoms with Crippen LogP contribution in [-0.2, 0) is 6.42 Å². The standard InChI is InChI=1S/C15H22BrNO/c1-3-10-17-11-6-4-5-7-13-8-9-15(18-2)14(16)12-13/h4-5,8-9,12,17H,3,6-7,10-11H2,1-2H3. The molecule has 1 aromatic carbocycles. The second-order valence-corrected chi connectivity index (χ2v) is 5.04. The van der Waals surface area contributed by atoms with Crippen LogP contribution in [0.2, 0.25) is 0 Å². The van der Waals surface area contributed by atoms with Crippen molar-refractivity contribution in [1.82, 2.24) is 5.32 Å². The van der Waals surface area contributed by atoms with Gasteiger partial charge < -0.3 is 10.1 Å². The number of rotatable bonds is 8. The Hall–Kier alpha value is -0.800. The smallest absolute Gasteiger partial charge is 0.133 e. The van der Waals surface area contributed by atoms with Gasteiger partial charge in [0, 0.05) is 0 Å². The molecule has 18 heavy (non-hydrogen) atoms. The Kier molecular flexibility index (Phi) is 7.78. The summed E-state index contributed by atoms with van der Waals surface area (Å²) in [7, 11) is 1.68. The Labute approximate surface area is 119 Å². The van der Waals surface area contributed by atoms with Crippen LogP contribution in [-0.4, -0.2) is 20.2 Å². The molecule has 0 fully saturated rings. The highest BCUT2D eigenvalue weighted by molar-refractivity contribution is 9.10. The van der Waals surface area contributed by atoms with Gasteiger partial charge in [0.05, 0.1) is 11.6 Å². The summed E-state index contributed by atoms with van der Waals surface area (Å²) >= 11 is 3.50. The van der Waals surface area contributed by atoms with Crippen molar-refractivity contribution in [3.05, 3.63) is 40.4 Å². The SMILES string of the molecule is CCCNCCC=CCc1ccc(OC)c(Br)c1. The molecule has 0 saturated heterocycles. The molecule has 1 N–H and O–H groups in total. The molecule has 0 aromatic heterocycles. The molecular weight excluding hydrogens is 290 g/mol. The maximum absolute atomic E-state index is 5.21. The Morgan fingerprint density at radius 3 is 2.78 bits per heavy atom. The number of halogens is 1. The minimum absolute atomic E-state index is 0.881. The molecular formula is C15H22BrNO. The highest BCUT2D eigenvalue weighted by Crippen LogP contribution is 2.25. The van der Waals surface area contributed by atoms with E-state index in [-0.39, 0.29) is 0 Å². The largest absolute Gasteiger partial charge is 0.496 e. The van der Waals surface area contributed by atoms with Gasteiger partial charge in [0.15, 0.2) is 0 Å². The number of hydrogen-bond acceptors (Lipinski definition) is 2. The van der Waals surface area contributed by atoms with Gasteiger partial charge in [-0.15, -0.1) is 0 Å². The van der Waals surface area contributed by atoms with E-state index in [0.717, 1.165) is 36.2 Å². The van der Waals surface area contributed by atoms with Crippen molar-refractivity contribution >= 4 is 15.9 Å². The first-order chi connectivity index (χ1) is 8.77. The Morgan fingerprint density at radius 1 is 1.28 bits per heavy atom. The minimum Gasteiger partial charge on any atom is -0.496 e. The number of allylic oxidation sites excluding steroid dienone is 1. The fourth-order valence-corrected chi connectivity index (χ4v) is 2.25. The number of hydrogen-bond donors (Lipinski definition) is 1. The maximum atomic E-state index is 5.21. The lowest BCUT2D eigenvalue weighted by Gasteiger charge is -2.04. The van der Waals surface area contributed by atoms with Crippen LogP contribution in [0.5, 0.6) is 5.75 Å². The van der Waals surface area contributed by atoms with E-state index in [9.17, 15) is 0 Å². The molecule has 0 spiro atoms. The Morgan fingerprint density at radius 2 is 2.11 bits per heavy atom. The van der Waals surface area contributed by atoms with E-state index in [1.807, 2.05) is 6.07 Å². The average molecular weight is 312 g/mol. The van der Waals surface area contributed by atoms with Crippen LogP contribution in [0.1, 0.15) is 25.3 Å². The fourth-order valence-electron chi connectivity index (χ4n) is 1.66. The highest BCUT2D eigenvalue weighted by atomic mass is 79.9. The van der Waals surface area contributed by atoms with E-state index >= 15 is 0 Å². The molecule has 100 valence electrons. The molecule has 0 radical (unpaired) electrons. The second-order valence-electron chi connectivity index (χ2n) is 4.18. The summed E-state index contributed by atoms with van der Waals surface area (Å²) in [6, 6.07) is 6.21. The van der Waals surface area contributed by atoms with Gasteiger partial charge in [0.2, 0.25) is 0 Å². The molecule has 2 nitrogen and oxygen atoms in total. The summed E-state index contributed by atoms with van der Waals surface area (Å²) < 4.78 is 6.22. The van der Waals surface area contributed by atoms with Crippen LogP contribution in [0.3, 0.4) is 0 Å². The first kappa shape index (κ1) is 15.3. The zero-order chi connectivity index (χ0) is 13.2. The quantitative estimate of drug-likeness (QED) is 0.580. The van der Waals surface area contributed by atoms with Crippen molar-refractivity contribution in [3.63, 3.8) is 0 Å². The first-order valence-corrected chi connectivity index (χ1v) is 7.25. The average Bonchev–Trinajstić information content (AvgIpc) is 2.38. The molecule has 0 aliphatic heterocycles. The third kappa shape index (κ3) is 5.69. The summed E-state index contributed by atoms with van der Waals surface area (Å²) in [6.45, 7) is 4.36. The molecule has 1 rings (SSSR count). The molecule has 0 bridgehead atoms. The van der Waals surface area contributed by atoms with E-state index in [0.29, 0.717) is 0 Å². The molecule has 0 atom stereocenters. The van der Waals surface area contributed by atoms with Crippen molar-refractivity contribution in [2.75, 3.05) is 20.2 Å². The Bertz CT molecular complexity index is 377. The number of methoxy groups -OCH3 is 1. The summed E-state index contributed by atoms with van der Waals surface area (Å²) in [5.74, 6) is 0.881. The van der Waals surface area contributed by atoms with Crippen molar-refractivity contribution in [2.24, 2.45) is 0 Å². The lowest BCUT2D eigenvalue weighted by atomic mass is 10.1. The van der Waals surface area contributed by atoms with Crippen LogP contribution >= 0.6 is 15.9 Å². The zero-order valence-electron chi connectivity index (χ0n) is 11.2. The normalized spacial score (nSPS) is 11.1. The number of benzene rings is 1. The molecule has 0 aliphatic rings. The van der Waals surface area contributed by atoms with Gasteiger partial charge >= 0.3 is 0 Å². The number of ether oxygens (including phenoxy) is 1. The summed E-state index contributed by atoms with van der Waals surface area (Å²) in [5, 5.41) is 3.38. The first-order valence-electron chi connectivity index (χ1n) is 6.46. The van der Waals surface area contributed by atoms with E-state index in [1.165, 1.54) is 12.0 Å². The monoisotopic (exact) mass is 311 g/mol. The molecule has 1 aromatic rings. The molecule has 0 aliphatic carbocycles. The highest BCUT2D eigenvalue weighted by Gasteiger charge is 1.99. The fraction of sp³-hybridized carbons (Fsp3) is 0.467. The summed E-state index contributed by atoms with van der Waals surface area (Å²) in [4.78, 5) is 0. The minimum atomic E-state index is 0.881. The van der Waals surface area contributed by atoms with E-state index in [4.69, 9.17) is 4.74 Å². The van der Waals surface area contributed by atoms with E-state index < -0.39 is 0 Å². The van der Waals surface area contributed by atoms with Gasteiger partial charge in [-0.25, -0.2) is 0 Å². The van der Waals surface area contributed by atoms with E-state index in [2.05, 4.69) is 52.5 Å². The zero-order valence-corrected chi connectivity index (χ0v) is 12.8. The van der Waals surface area contributed by atoms with Crippen LogP contribution < -0.4 is 10.1 Å². The predicted octanol–water partition coefficient (Wildman–Crippen LogP) is 3.95. The van der Waals surface area contributed by atoms with Crippen LogP contribution in [0.25, 0.3) is 0 Å². The Balaban J connectivity index is 2.30. The molecule has 0 saturated carbocycles. The van der Waals surface area contributed by atoms with Gasteiger partial charge in [-0.3, -0.25) is 0 Å². The molecule has 0 unspecified atom stereocenters. The predicted molar refractivity (Wildman–Crippen MR) is 81.3 cm³/mol. The van der Waals surface area contributed by atoms with Crippen LogP contribution in [0.15, 0.2) is 34.8 Å². The molecule has 3 heteroatoms. The lowest BCUT2D eigenvalue weighted by molar-refractivity contribution is 0.412. The van der Waals surface area contributed by atoms with Crippen molar-refractivity contribution in [3.8, 4) is 5.75 Å². The second kappa shape index (κ2) is 9.17. The van der Waals surface area contributed by atoms with Crippen molar-refractivity contribution in [1.29, 1.82) is 0 Å². The van der Waals surface area contributed by atoms with Crippen molar-refractivity contribution in [2.45, 2.75) is 26.2 Å². The number of nitrogens with one attached hydrogen (secondary N) is 1. The topological polar surface area (TPSA) is 21.3 Å². The van der Waals surface area contributed by atoms with Crippen LogP contribution in [0, 0.1) is 0 Å². The van der Waals surface area contributed by atoms with Gasteiger partial charge in [0.1, 0.15) is 5.75 Å². The third-order valence-corrected chi connectivity index (χ3v) is 3.27. The summed E-state index contributed by atoms with van der Waals surface area (Å²) in [5.41, 5.74) is 1.29. The van der Waals surface area contributed by atoms with Gasteiger partial charge in [-0.05, 0) is 66.0 Å². The molecule has 0 heterocycles. The summed E-state index contributed by atoms with van der Waals surface area (Å²) in [6.07, 6.45) is 7.72. The maximum Gasteiger partial charge on any atom is 0.133 e. The van der Waals surface area contributed by atoms with Gasteiger partial charge in [-0.2, -0.15) is 0 Å². The van der Waals surface area contributed by atoms with Crippen LogP contribution in [0.4, 0.5) is 0 Å². The van der Waals surface area contributed by atoms with Gasteiger partial charge in [-0.1, -0.05) is 25.1 Å². The van der Waals surface area contributed by atoms with Crippen molar-refractivity contribution < 1.29 is 4.74 Å².